The maximum atomic E-state index is 11.9. The molecule has 0 aliphatic carbocycles. The molecule has 0 spiro atoms. The Bertz CT molecular complexity index is 509. The lowest BCUT2D eigenvalue weighted by Crippen LogP contribution is -2.36. The number of rotatable bonds is 13. The number of thioether (sulfide) groups is 1. The standard InChI is InChI=1S/C18H31IN4O3S/c19-11-16(25)21-10-6-2-1-5-9-20-15(24)8-4-3-7-14-17-13(12-27-14)22-18(26)23-17/h13-14,17H,1-12H2,(H,20,24)(H,21,25)(H2,22,23,26)/t13-,14-,17-/m0/s1. The van der Waals surface area contributed by atoms with Crippen LogP contribution in [0.4, 0.5) is 4.79 Å². The van der Waals surface area contributed by atoms with Crippen LogP contribution in [0.5, 0.6) is 0 Å². The van der Waals surface area contributed by atoms with Crippen molar-refractivity contribution in [3.8, 4) is 0 Å². The first kappa shape index (κ1) is 22.6. The van der Waals surface area contributed by atoms with E-state index in [1.54, 1.807) is 0 Å². The number of hydrogen-bond donors (Lipinski definition) is 4. The maximum absolute atomic E-state index is 11.9. The first-order valence-corrected chi connectivity index (χ1v) is 12.5. The number of urea groups is 1. The summed E-state index contributed by atoms with van der Waals surface area (Å²) in [6.07, 6.45) is 7.68. The molecule has 7 nitrogen and oxygen atoms in total. The van der Waals surface area contributed by atoms with Gasteiger partial charge in [-0.15, -0.1) is 0 Å². The van der Waals surface area contributed by atoms with Gasteiger partial charge in [0.25, 0.3) is 0 Å². The summed E-state index contributed by atoms with van der Waals surface area (Å²) in [7, 11) is 0. The highest BCUT2D eigenvalue weighted by Gasteiger charge is 2.42. The van der Waals surface area contributed by atoms with Gasteiger partial charge in [0.2, 0.25) is 11.8 Å². The fourth-order valence-electron chi connectivity index (χ4n) is 3.47. The van der Waals surface area contributed by atoms with E-state index in [1.807, 2.05) is 11.8 Å². The minimum atomic E-state index is -0.0416. The Morgan fingerprint density at radius 1 is 1.00 bits per heavy atom. The van der Waals surface area contributed by atoms with Crippen LogP contribution in [-0.2, 0) is 9.59 Å². The van der Waals surface area contributed by atoms with Gasteiger partial charge >= 0.3 is 6.03 Å². The van der Waals surface area contributed by atoms with Crippen LogP contribution in [0.3, 0.4) is 0 Å². The summed E-state index contributed by atoms with van der Waals surface area (Å²) in [5.41, 5.74) is 0. The third-order valence-corrected chi connectivity index (χ3v) is 7.15. The molecule has 2 rings (SSSR count). The van der Waals surface area contributed by atoms with Crippen molar-refractivity contribution in [2.45, 2.75) is 68.7 Å². The number of nitrogens with one attached hydrogen (secondary N) is 4. The molecule has 0 radical (unpaired) electrons. The van der Waals surface area contributed by atoms with Crippen LogP contribution >= 0.6 is 34.4 Å². The van der Waals surface area contributed by atoms with Crippen LogP contribution in [0.25, 0.3) is 0 Å². The molecule has 4 amide bonds. The fourth-order valence-corrected chi connectivity index (χ4v) is 5.28. The van der Waals surface area contributed by atoms with Gasteiger partial charge < -0.3 is 21.3 Å². The molecule has 0 aromatic heterocycles. The smallest absolute Gasteiger partial charge is 0.315 e. The van der Waals surface area contributed by atoms with Gasteiger partial charge in [-0.25, -0.2) is 4.79 Å². The topological polar surface area (TPSA) is 99.3 Å². The van der Waals surface area contributed by atoms with Crippen LogP contribution in [0.1, 0.15) is 51.4 Å². The summed E-state index contributed by atoms with van der Waals surface area (Å²) in [5.74, 6) is 1.22. The summed E-state index contributed by atoms with van der Waals surface area (Å²) in [4.78, 5) is 34.3. The molecule has 2 heterocycles. The van der Waals surface area contributed by atoms with Gasteiger partial charge in [-0.3, -0.25) is 9.59 Å². The molecule has 0 unspecified atom stereocenters. The molecular weight excluding hydrogens is 479 g/mol. The van der Waals surface area contributed by atoms with Crippen molar-refractivity contribution >= 4 is 52.2 Å². The predicted octanol–water partition coefficient (Wildman–Crippen LogP) is 1.94. The minimum Gasteiger partial charge on any atom is -0.356 e. The molecule has 4 N–H and O–H groups in total. The SMILES string of the molecule is O=C(CI)NCCCCCCNC(=O)CCCC[C@@H]1SC[C@@H]2NC(=O)N[C@@H]21. The number of fused-ring (bicyclic) bond motifs is 1. The second kappa shape index (κ2) is 12.7. The lowest BCUT2D eigenvalue weighted by molar-refractivity contribution is -0.121. The van der Waals surface area contributed by atoms with E-state index in [4.69, 9.17) is 0 Å². The zero-order valence-electron chi connectivity index (χ0n) is 15.7. The number of unbranched alkanes of at least 4 members (excludes halogenated alkanes) is 4. The Morgan fingerprint density at radius 3 is 2.41 bits per heavy atom. The van der Waals surface area contributed by atoms with Gasteiger partial charge in [-0.05, 0) is 25.7 Å². The molecule has 2 saturated heterocycles. The molecule has 0 aromatic carbocycles. The lowest BCUT2D eigenvalue weighted by Gasteiger charge is -2.16. The lowest BCUT2D eigenvalue weighted by atomic mass is 10.0. The number of carbonyl (C=O) groups is 3. The monoisotopic (exact) mass is 510 g/mol. The van der Waals surface area contributed by atoms with Gasteiger partial charge in [0.1, 0.15) is 0 Å². The molecule has 2 aliphatic heterocycles. The highest BCUT2D eigenvalue weighted by Crippen LogP contribution is 2.33. The number of carbonyl (C=O) groups excluding carboxylic acids is 3. The Labute approximate surface area is 179 Å². The van der Waals surface area contributed by atoms with Crippen molar-refractivity contribution in [1.82, 2.24) is 21.3 Å². The Balaban J connectivity index is 1.39. The molecule has 27 heavy (non-hydrogen) atoms. The van der Waals surface area contributed by atoms with Crippen LogP contribution in [-0.4, -0.2) is 58.4 Å². The van der Waals surface area contributed by atoms with E-state index < -0.39 is 0 Å². The molecule has 0 bridgehead atoms. The summed E-state index contributed by atoms with van der Waals surface area (Å²) < 4.78 is 0.512. The zero-order valence-corrected chi connectivity index (χ0v) is 18.7. The second-order valence-electron chi connectivity index (χ2n) is 7.12. The fraction of sp³-hybridized carbons (Fsp3) is 0.833. The van der Waals surface area contributed by atoms with Crippen molar-refractivity contribution in [1.29, 1.82) is 0 Å². The Morgan fingerprint density at radius 2 is 1.70 bits per heavy atom. The average Bonchev–Trinajstić information content (AvgIpc) is 3.20. The van der Waals surface area contributed by atoms with Crippen LogP contribution in [0.15, 0.2) is 0 Å². The first-order valence-electron chi connectivity index (χ1n) is 9.88. The quantitative estimate of drug-likeness (QED) is 0.132. The summed E-state index contributed by atoms with van der Waals surface area (Å²) in [6, 6.07) is 0.490. The molecule has 2 aliphatic rings. The van der Waals surface area contributed by atoms with E-state index >= 15 is 0 Å². The van der Waals surface area contributed by atoms with Crippen molar-refractivity contribution in [3.63, 3.8) is 0 Å². The number of hydrogen-bond acceptors (Lipinski definition) is 4. The third-order valence-electron chi connectivity index (χ3n) is 4.95. The Kier molecular flexibility index (Phi) is 10.6. The van der Waals surface area contributed by atoms with Gasteiger partial charge in [-0.1, -0.05) is 41.9 Å². The largest absolute Gasteiger partial charge is 0.356 e. The number of alkyl halides is 1. The average molecular weight is 510 g/mol. The normalized spacial score (nSPS) is 23.4. The van der Waals surface area contributed by atoms with E-state index in [0.717, 1.165) is 63.8 Å². The predicted molar refractivity (Wildman–Crippen MR) is 117 cm³/mol. The number of amides is 4. The van der Waals surface area contributed by atoms with Crippen LogP contribution < -0.4 is 21.3 Å². The molecule has 154 valence electrons. The van der Waals surface area contributed by atoms with Crippen molar-refractivity contribution in [2.75, 3.05) is 23.3 Å². The number of halogens is 1. The highest BCUT2D eigenvalue weighted by molar-refractivity contribution is 14.1. The van der Waals surface area contributed by atoms with E-state index in [0.29, 0.717) is 16.1 Å². The summed E-state index contributed by atoms with van der Waals surface area (Å²) in [6.45, 7) is 1.48. The molecule has 2 fully saturated rings. The van der Waals surface area contributed by atoms with E-state index in [9.17, 15) is 14.4 Å². The minimum absolute atomic E-state index is 0.0416. The van der Waals surface area contributed by atoms with Crippen molar-refractivity contribution in [2.24, 2.45) is 0 Å². The highest BCUT2D eigenvalue weighted by atomic mass is 127. The Hall–Kier alpha value is -0.710. The van der Waals surface area contributed by atoms with Gasteiger partial charge in [-0.2, -0.15) is 11.8 Å². The van der Waals surface area contributed by atoms with Crippen LogP contribution in [0, 0.1) is 0 Å². The molecule has 3 atom stereocenters. The summed E-state index contributed by atoms with van der Waals surface area (Å²) in [5, 5.41) is 12.3. The molecule has 0 aromatic rings. The van der Waals surface area contributed by atoms with Crippen molar-refractivity contribution < 1.29 is 14.4 Å². The third kappa shape index (κ3) is 8.45. The molecular formula is C18H31IN4O3S. The zero-order chi connectivity index (χ0) is 19.5. The van der Waals surface area contributed by atoms with E-state index in [-0.39, 0.29) is 29.9 Å². The van der Waals surface area contributed by atoms with Crippen LogP contribution in [0.2, 0.25) is 0 Å². The molecule has 9 heteroatoms. The maximum Gasteiger partial charge on any atom is 0.315 e. The van der Waals surface area contributed by atoms with Gasteiger partial charge in [0, 0.05) is 30.5 Å². The van der Waals surface area contributed by atoms with Crippen molar-refractivity contribution in [3.05, 3.63) is 0 Å². The van der Waals surface area contributed by atoms with E-state index in [2.05, 4.69) is 43.9 Å². The first-order chi connectivity index (χ1) is 13.1. The van der Waals surface area contributed by atoms with Gasteiger partial charge in [0.05, 0.1) is 16.5 Å². The van der Waals surface area contributed by atoms with E-state index in [1.165, 1.54) is 0 Å². The van der Waals surface area contributed by atoms with Gasteiger partial charge in [0.15, 0.2) is 0 Å². The second-order valence-corrected chi connectivity index (χ2v) is 9.15. The molecule has 0 saturated carbocycles. The summed E-state index contributed by atoms with van der Waals surface area (Å²) >= 11 is 3.98.